The van der Waals surface area contributed by atoms with Gasteiger partial charge in [-0.1, -0.05) is 53.8 Å². The number of esters is 1. The molecule has 0 saturated carbocycles. The number of carbonyl (C=O) groups excluding carboxylic acids is 1. The normalized spacial score (nSPS) is 14.9. The molecule has 10 heteroatoms. The molecular weight excluding hydrogens is 672 g/mol. The largest absolute Gasteiger partial charge is 0.497 e. The second kappa shape index (κ2) is 12.6. The number of aromatic nitrogens is 1. The molecule has 0 aliphatic carbocycles. The van der Waals surface area contributed by atoms with Gasteiger partial charge >= 0.3 is 5.97 Å². The van der Waals surface area contributed by atoms with E-state index in [2.05, 4.69) is 31.9 Å². The van der Waals surface area contributed by atoms with Crippen molar-refractivity contribution in [2.24, 2.45) is 4.99 Å². The molecule has 0 bridgehead atoms. The summed E-state index contributed by atoms with van der Waals surface area (Å²) in [6.45, 7) is 4.38. The Morgan fingerprint density at radius 3 is 2.32 bits per heavy atom. The first kappa shape index (κ1) is 29.0. The summed E-state index contributed by atoms with van der Waals surface area (Å²) in [7, 11) is 1.59. The Morgan fingerprint density at radius 1 is 1.02 bits per heavy atom. The van der Waals surface area contributed by atoms with Crippen LogP contribution in [0.2, 0.25) is 0 Å². The Labute approximate surface area is 257 Å². The molecule has 1 aromatic heterocycles. The standard InChI is InChI=1S/C31H26Br2N2O5S/c1-4-39-28-22(32)15-18(16-23(28)33)17-24-29(36)35-27(20-11-13-21(38-3)14-12-20)25(30(37)40-5-2)26(34-31(35)41-24)19-9-7-6-8-10-19/h6-17,27H,4-5H2,1-3H3/b24-17-/t27-/m1/s1. The number of benzene rings is 3. The second-order valence-electron chi connectivity index (χ2n) is 8.95. The fourth-order valence-corrected chi connectivity index (χ4v) is 7.09. The molecule has 0 amide bonds. The van der Waals surface area contributed by atoms with Gasteiger partial charge in [0.2, 0.25) is 0 Å². The highest BCUT2D eigenvalue weighted by Crippen LogP contribution is 2.37. The van der Waals surface area contributed by atoms with Gasteiger partial charge < -0.3 is 14.2 Å². The Balaban J connectivity index is 1.78. The van der Waals surface area contributed by atoms with Gasteiger partial charge in [0.25, 0.3) is 5.56 Å². The highest BCUT2D eigenvalue weighted by atomic mass is 79.9. The van der Waals surface area contributed by atoms with E-state index in [4.69, 9.17) is 19.2 Å². The van der Waals surface area contributed by atoms with Crippen molar-refractivity contribution in [3.05, 3.63) is 118 Å². The minimum Gasteiger partial charge on any atom is -0.497 e. The van der Waals surface area contributed by atoms with E-state index < -0.39 is 12.0 Å². The summed E-state index contributed by atoms with van der Waals surface area (Å²) < 4.78 is 20.2. The number of carbonyl (C=O) groups is 1. The van der Waals surface area contributed by atoms with Crippen molar-refractivity contribution in [2.75, 3.05) is 20.3 Å². The molecule has 41 heavy (non-hydrogen) atoms. The van der Waals surface area contributed by atoms with E-state index >= 15 is 0 Å². The first-order valence-corrected chi connectivity index (χ1v) is 15.3. The predicted molar refractivity (Wildman–Crippen MR) is 167 cm³/mol. The third-order valence-corrected chi connectivity index (χ3v) is 8.57. The Morgan fingerprint density at radius 2 is 1.71 bits per heavy atom. The minimum absolute atomic E-state index is 0.186. The van der Waals surface area contributed by atoms with Gasteiger partial charge in [0, 0.05) is 5.56 Å². The summed E-state index contributed by atoms with van der Waals surface area (Å²) in [5.74, 6) is 0.833. The van der Waals surface area contributed by atoms with E-state index in [0.29, 0.717) is 38.7 Å². The van der Waals surface area contributed by atoms with Gasteiger partial charge in [0.05, 0.1) is 51.1 Å². The zero-order chi connectivity index (χ0) is 29.1. The van der Waals surface area contributed by atoms with Crippen LogP contribution < -0.4 is 24.4 Å². The number of rotatable bonds is 8. The summed E-state index contributed by atoms with van der Waals surface area (Å²) in [5, 5.41) is 0. The molecule has 2 heterocycles. The number of hydrogen-bond acceptors (Lipinski definition) is 7. The number of methoxy groups -OCH3 is 1. The molecule has 0 unspecified atom stereocenters. The molecule has 1 aliphatic rings. The summed E-state index contributed by atoms with van der Waals surface area (Å²) >= 11 is 8.41. The van der Waals surface area contributed by atoms with Crippen molar-refractivity contribution in [1.82, 2.24) is 4.57 Å². The van der Waals surface area contributed by atoms with Crippen LogP contribution in [-0.2, 0) is 9.53 Å². The molecule has 3 aromatic carbocycles. The summed E-state index contributed by atoms with van der Waals surface area (Å²) in [4.78, 5) is 33.0. The van der Waals surface area contributed by atoms with Crippen molar-refractivity contribution in [1.29, 1.82) is 0 Å². The maximum absolute atomic E-state index is 14.1. The molecule has 0 spiro atoms. The van der Waals surface area contributed by atoms with Crippen molar-refractivity contribution in [3.8, 4) is 11.5 Å². The van der Waals surface area contributed by atoms with Crippen LogP contribution in [0.1, 0.15) is 36.6 Å². The molecule has 210 valence electrons. The van der Waals surface area contributed by atoms with Crippen molar-refractivity contribution < 1.29 is 19.0 Å². The van der Waals surface area contributed by atoms with Crippen molar-refractivity contribution in [2.45, 2.75) is 19.9 Å². The first-order valence-electron chi connectivity index (χ1n) is 12.9. The molecule has 0 radical (unpaired) electrons. The van der Waals surface area contributed by atoms with Gasteiger partial charge in [-0.25, -0.2) is 9.79 Å². The monoisotopic (exact) mass is 696 g/mol. The Kier molecular flexibility index (Phi) is 8.91. The lowest BCUT2D eigenvalue weighted by Gasteiger charge is -2.26. The minimum atomic E-state index is -0.757. The maximum Gasteiger partial charge on any atom is 0.338 e. The number of thiazole rings is 1. The van der Waals surface area contributed by atoms with Crippen LogP contribution in [0.25, 0.3) is 11.8 Å². The van der Waals surface area contributed by atoms with E-state index in [9.17, 15) is 9.59 Å². The van der Waals surface area contributed by atoms with Crippen molar-refractivity contribution in [3.63, 3.8) is 0 Å². The van der Waals surface area contributed by atoms with E-state index in [1.54, 1.807) is 18.6 Å². The lowest BCUT2D eigenvalue weighted by atomic mass is 9.93. The molecule has 0 saturated heterocycles. The third kappa shape index (κ3) is 5.82. The molecule has 1 aliphatic heterocycles. The molecule has 0 N–H and O–H groups in total. The first-order chi connectivity index (χ1) is 19.9. The van der Waals surface area contributed by atoms with Gasteiger partial charge in [-0.2, -0.15) is 0 Å². The average Bonchev–Trinajstić information content (AvgIpc) is 3.29. The molecular formula is C31H26Br2N2O5S. The van der Waals surface area contributed by atoms with Crippen molar-refractivity contribution >= 4 is 60.9 Å². The fourth-order valence-electron chi connectivity index (χ4n) is 4.64. The summed E-state index contributed by atoms with van der Waals surface area (Å²) in [6.07, 6.45) is 1.82. The zero-order valence-corrected chi connectivity index (χ0v) is 26.5. The lowest BCUT2D eigenvalue weighted by Crippen LogP contribution is -2.40. The molecule has 7 nitrogen and oxygen atoms in total. The number of nitrogens with zero attached hydrogens (tertiary/aromatic N) is 2. The van der Waals surface area contributed by atoms with E-state index in [0.717, 1.165) is 25.6 Å². The van der Waals surface area contributed by atoms with Crippen LogP contribution in [0.15, 0.2) is 91.0 Å². The number of hydrogen-bond donors (Lipinski definition) is 0. The van der Waals surface area contributed by atoms with Crippen LogP contribution in [0.4, 0.5) is 0 Å². The summed E-state index contributed by atoms with van der Waals surface area (Å²) in [6, 6.07) is 19.8. The van der Waals surface area contributed by atoms with E-state index in [-0.39, 0.29) is 12.2 Å². The van der Waals surface area contributed by atoms with Gasteiger partial charge in [-0.15, -0.1) is 0 Å². The van der Waals surface area contributed by atoms with Gasteiger partial charge in [-0.05, 0) is 87.2 Å². The lowest BCUT2D eigenvalue weighted by molar-refractivity contribution is -0.138. The zero-order valence-electron chi connectivity index (χ0n) is 22.5. The quantitative estimate of drug-likeness (QED) is 0.216. The molecule has 0 fully saturated rings. The molecule has 4 aromatic rings. The number of ether oxygens (including phenoxy) is 3. The van der Waals surface area contributed by atoms with E-state index in [1.165, 1.54) is 11.3 Å². The average molecular weight is 698 g/mol. The number of fused-ring (bicyclic) bond motifs is 1. The SMILES string of the molecule is CCOC(=O)C1=C(c2ccccc2)N=c2s/c(=C\c3cc(Br)c(OCC)c(Br)c3)c(=O)n2[C@@H]1c1ccc(OC)cc1. The Bertz CT molecular complexity index is 1790. The van der Waals surface area contributed by atoms with E-state index in [1.807, 2.05) is 79.7 Å². The fraction of sp³-hybridized carbons (Fsp3) is 0.194. The van der Waals surface area contributed by atoms with Gasteiger partial charge in [0.1, 0.15) is 11.5 Å². The second-order valence-corrected chi connectivity index (χ2v) is 11.7. The maximum atomic E-state index is 14.1. The number of halogens is 2. The van der Waals surface area contributed by atoms with Crippen LogP contribution in [0, 0.1) is 0 Å². The third-order valence-electron chi connectivity index (χ3n) is 6.41. The smallest absolute Gasteiger partial charge is 0.338 e. The molecule has 5 rings (SSSR count). The van der Waals surface area contributed by atoms with Gasteiger partial charge in [-0.3, -0.25) is 9.36 Å². The summed E-state index contributed by atoms with van der Waals surface area (Å²) in [5.41, 5.74) is 2.80. The topological polar surface area (TPSA) is 79.1 Å². The molecule has 1 atom stereocenters. The highest BCUT2D eigenvalue weighted by molar-refractivity contribution is 9.11. The highest BCUT2D eigenvalue weighted by Gasteiger charge is 2.35. The van der Waals surface area contributed by atoms with Crippen LogP contribution >= 0.6 is 43.2 Å². The van der Waals surface area contributed by atoms with Crippen LogP contribution in [0.5, 0.6) is 11.5 Å². The van der Waals surface area contributed by atoms with Crippen LogP contribution in [0.3, 0.4) is 0 Å². The van der Waals surface area contributed by atoms with Crippen LogP contribution in [-0.4, -0.2) is 30.9 Å². The predicted octanol–water partition coefficient (Wildman–Crippen LogP) is 5.87. The Hall–Kier alpha value is -3.47. The van der Waals surface area contributed by atoms with Gasteiger partial charge in [0.15, 0.2) is 4.80 Å².